The molecule has 0 amide bonds. The Balaban J connectivity index is -0.0000000480. The molecule has 0 nitrogen and oxygen atoms in total. The summed E-state index contributed by atoms with van der Waals surface area (Å²) < 4.78 is 20.9. The molecule has 7 heavy (non-hydrogen) atoms. The molecule has 0 N–H and O–H groups in total. The molecule has 0 spiro atoms. The Kier molecular flexibility index (Phi) is 36.0. The van der Waals surface area contributed by atoms with Crippen molar-refractivity contribution in [2.75, 3.05) is 0 Å². The van der Waals surface area contributed by atoms with Gasteiger partial charge < -0.3 is 0 Å². The van der Waals surface area contributed by atoms with E-state index in [1.54, 1.807) is 0 Å². The first-order chi connectivity index (χ1) is 2.73. The normalized spacial score (nSPS) is 5.71. The molecule has 0 aliphatic heterocycles. The van der Waals surface area contributed by atoms with E-state index >= 15 is 0 Å². The van der Waals surface area contributed by atoms with Gasteiger partial charge in [0, 0.05) is 0 Å². The van der Waals surface area contributed by atoms with Crippen molar-refractivity contribution >= 4 is 49.7 Å². The Bertz CT molecular complexity index is 26.9. The molecule has 7 heteroatoms. The molecule has 0 fully saturated rings. The summed E-state index contributed by atoms with van der Waals surface area (Å²) in [6.07, 6.45) is 0. The molecule has 0 aliphatic carbocycles. The summed E-state index contributed by atoms with van der Waals surface area (Å²) in [5.41, 5.74) is 0. The van der Waals surface area contributed by atoms with Crippen molar-refractivity contribution in [1.29, 1.82) is 0 Å². The van der Waals surface area contributed by atoms with Crippen molar-refractivity contribution in [3.8, 4) is 0 Å². The molecule has 0 bridgehead atoms. The molecule has 0 radical (unpaired) electrons. The van der Waals surface area contributed by atoms with Crippen LogP contribution in [0.25, 0.3) is 0 Å². The molecule has 1 unspecified atom stereocenters. The van der Waals surface area contributed by atoms with E-state index < -0.39 is 12.7 Å². The van der Waals surface area contributed by atoms with Crippen molar-refractivity contribution in [2.24, 2.45) is 0 Å². The van der Waals surface area contributed by atoms with Crippen LogP contribution in [0, 0.1) is 0 Å². The van der Waals surface area contributed by atoms with Gasteiger partial charge in [0.1, 0.15) is 0 Å². The Morgan fingerprint density at radius 1 is 1.43 bits per heavy atom. The molecule has 0 rings (SSSR count). The van der Waals surface area contributed by atoms with Gasteiger partial charge in [0.15, 0.2) is 0 Å². The maximum absolute atomic E-state index is 10.5. The Morgan fingerprint density at radius 3 is 1.43 bits per heavy atom. The van der Waals surface area contributed by atoms with E-state index in [2.05, 4.69) is 19.8 Å². The topological polar surface area (TPSA) is 0 Å². The van der Waals surface area contributed by atoms with E-state index in [0.29, 0.717) is 0 Å². The van der Waals surface area contributed by atoms with Gasteiger partial charge in [-0.2, -0.15) is 9.90 Å². The molecular weight excluding hydrogens is 310 g/mol. The zero-order chi connectivity index (χ0) is 5.58. The molecule has 0 aromatic carbocycles. The fourth-order valence-corrected chi connectivity index (χ4v) is 0. The van der Waals surface area contributed by atoms with Crippen molar-refractivity contribution in [2.45, 2.75) is 0 Å². The van der Waals surface area contributed by atoms with Crippen molar-refractivity contribution in [1.82, 2.24) is 0 Å². The van der Waals surface area contributed by atoms with E-state index in [-0.39, 0.29) is 9.90 Å². The van der Waals surface area contributed by atoms with E-state index in [1.807, 2.05) is 0 Å². The van der Waals surface area contributed by atoms with Gasteiger partial charge in [-0.05, 0) is 8.02 Å². The summed E-state index contributed by atoms with van der Waals surface area (Å²) in [4.78, 5) is 0. The third-order valence-corrected chi connectivity index (χ3v) is 0. The zero-order valence-electron chi connectivity index (χ0n) is 3.20. The average Bonchev–Trinajstić information content (AvgIpc) is 1.41. The van der Waals surface area contributed by atoms with Gasteiger partial charge in [0.25, 0.3) is 0 Å². The van der Waals surface area contributed by atoms with Gasteiger partial charge in [-0.15, -0.1) is 0 Å². The Morgan fingerprint density at radius 2 is 1.43 bits per heavy atom. The van der Waals surface area contributed by atoms with Crippen molar-refractivity contribution in [3.63, 3.8) is 0 Å². The van der Waals surface area contributed by atoms with Crippen LogP contribution < -0.4 is 0 Å². The zero-order valence-corrected chi connectivity index (χ0v) is 9.98. The first-order valence-electron chi connectivity index (χ1n) is 0.711. The number of hydrogen-bond acceptors (Lipinski definition) is 1. The fraction of sp³-hybridized carbons (Fsp3) is 0. The minimum atomic E-state index is -3.22. The van der Waals surface area contributed by atoms with Crippen LogP contribution in [0.4, 0.5) is 6.82 Å². The summed E-state index contributed by atoms with van der Waals surface area (Å²) in [5.74, 6) is 0. The molecule has 0 aliphatic rings. The maximum atomic E-state index is 10.5. The SMILES string of the molecule is P.P=S.[F][V]([F])[I]. The second-order valence-corrected chi connectivity index (χ2v) is 3.80. The predicted octanol–water partition coefficient (Wildman–Crippen LogP) is 2.37. The Hall–Kier alpha value is 2.12. The van der Waals surface area contributed by atoms with Crippen LogP contribution in [0.1, 0.15) is 0 Å². The fourth-order valence-electron chi connectivity index (χ4n) is 0. The van der Waals surface area contributed by atoms with Gasteiger partial charge in [-0.25, -0.2) is 0 Å². The van der Waals surface area contributed by atoms with Crippen LogP contribution in [0.3, 0.4) is 0 Å². The molecule has 0 heterocycles. The summed E-state index contributed by atoms with van der Waals surface area (Å²) in [7, 11) is 2.56. The van der Waals surface area contributed by atoms with Gasteiger partial charge >= 0.3 is 39.5 Å². The van der Waals surface area contributed by atoms with E-state index in [9.17, 15) is 6.82 Å². The average molecular weight is 314 g/mol. The molecule has 1 atom stereocenters. The monoisotopic (exact) mass is 314 g/mol. The third kappa shape index (κ3) is 67.5. The summed E-state index contributed by atoms with van der Waals surface area (Å²) in [6.45, 7) is 0. The first kappa shape index (κ1) is 16.1. The quantitative estimate of drug-likeness (QED) is 0.489. The molecule has 0 saturated carbocycles. The van der Waals surface area contributed by atoms with Crippen LogP contribution in [0.5, 0.6) is 0 Å². The molecule has 46 valence electrons. The molecule has 0 saturated heterocycles. The van der Waals surface area contributed by atoms with E-state index in [4.69, 9.17) is 0 Å². The van der Waals surface area contributed by atoms with Gasteiger partial charge in [0.05, 0.1) is 0 Å². The van der Waals surface area contributed by atoms with E-state index in [1.165, 1.54) is 0 Å². The number of hydrogen-bond donors (Lipinski definition) is 0. The van der Waals surface area contributed by atoms with Crippen LogP contribution >= 0.6 is 37.9 Å². The van der Waals surface area contributed by atoms with Gasteiger partial charge in [-0.1, -0.05) is 11.8 Å². The van der Waals surface area contributed by atoms with Crippen LogP contribution in [0.2, 0.25) is 0 Å². The van der Waals surface area contributed by atoms with Crippen molar-refractivity contribution in [3.05, 3.63) is 0 Å². The summed E-state index contributed by atoms with van der Waals surface area (Å²) >= 11 is 1.83. The van der Waals surface area contributed by atoms with Crippen LogP contribution in [0.15, 0.2) is 0 Å². The Labute approximate surface area is 68.7 Å². The second-order valence-electron chi connectivity index (χ2n) is 0.192. The molecule has 0 aromatic rings. The van der Waals surface area contributed by atoms with E-state index in [0.717, 1.165) is 20.0 Å². The van der Waals surface area contributed by atoms with Gasteiger partial charge in [0.2, 0.25) is 0 Å². The van der Waals surface area contributed by atoms with Crippen LogP contribution in [-0.2, 0) is 24.5 Å². The summed E-state index contributed by atoms with van der Waals surface area (Å²) in [5, 5.41) is 0. The number of halogens is 3. The minimum absolute atomic E-state index is 0. The molecular formula is H4F2IP2SV. The van der Waals surface area contributed by atoms with Crippen LogP contribution in [-0.4, -0.2) is 0 Å². The first-order valence-corrected chi connectivity index (χ1v) is 7.91. The number of rotatable bonds is 0. The summed E-state index contributed by atoms with van der Waals surface area (Å²) in [6, 6.07) is 0. The second kappa shape index (κ2) is 15.7. The van der Waals surface area contributed by atoms with Crippen molar-refractivity contribution < 1.29 is 19.5 Å². The molecule has 0 aromatic heterocycles. The standard InChI is InChI=1S/2FH.HI.HPS.H3P.V/c;;;1-2;;/h3*1H;1H;1H3;/q;;;;;+3/p-3. The predicted molar refractivity (Wildman–Crippen MR) is 43.0 cm³/mol. The van der Waals surface area contributed by atoms with Gasteiger partial charge in [-0.3, -0.25) is 0 Å². The third-order valence-electron chi connectivity index (χ3n) is 0.